The molecule has 0 saturated carbocycles. The molecule has 1 N–H and O–H groups in total. The van der Waals surface area contributed by atoms with Crippen molar-refractivity contribution in [3.05, 3.63) is 47.9 Å². The number of amides is 1. The number of carbonyl (C=O) groups excluding carboxylic acids is 1. The molecule has 126 valence electrons. The lowest BCUT2D eigenvalue weighted by Crippen LogP contribution is -2.23. The van der Waals surface area contributed by atoms with Crippen LogP contribution in [0, 0.1) is 5.82 Å². The van der Waals surface area contributed by atoms with E-state index in [1.54, 1.807) is 17.2 Å². The lowest BCUT2D eigenvalue weighted by atomic mass is 10.1. The van der Waals surface area contributed by atoms with Gasteiger partial charge in [-0.05, 0) is 43.2 Å². The van der Waals surface area contributed by atoms with Crippen molar-refractivity contribution in [3.63, 3.8) is 0 Å². The van der Waals surface area contributed by atoms with Gasteiger partial charge in [-0.1, -0.05) is 6.07 Å². The van der Waals surface area contributed by atoms with Crippen LogP contribution in [0.1, 0.15) is 31.4 Å². The fraction of sp³-hybridized carbons (Fsp3) is 0.333. The van der Waals surface area contributed by atoms with Gasteiger partial charge < -0.3 is 15.0 Å². The van der Waals surface area contributed by atoms with Crippen molar-refractivity contribution in [2.24, 2.45) is 0 Å². The molecule has 1 aliphatic rings. The van der Waals surface area contributed by atoms with Crippen molar-refractivity contribution in [1.82, 2.24) is 4.98 Å². The quantitative estimate of drug-likeness (QED) is 0.912. The first-order valence-electron chi connectivity index (χ1n) is 7.95. The van der Waals surface area contributed by atoms with E-state index in [9.17, 15) is 9.18 Å². The lowest BCUT2D eigenvalue weighted by molar-refractivity contribution is -0.117. The molecule has 1 amide bonds. The molecule has 0 radical (unpaired) electrons. The summed E-state index contributed by atoms with van der Waals surface area (Å²) in [6.07, 6.45) is 3.17. The van der Waals surface area contributed by atoms with Crippen LogP contribution in [0.2, 0.25) is 0 Å². The highest BCUT2D eigenvalue weighted by molar-refractivity contribution is 5.95. The number of nitrogens with zero attached hydrogens (tertiary/aromatic N) is 2. The van der Waals surface area contributed by atoms with Crippen molar-refractivity contribution in [2.45, 2.75) is 25.8 Å². The summed E-state index contributed by atoms with van der Waals surface area (Å²) in [7, 11) is 1.44. The summed E-state index contributed by atoms with van der Waals surface area (Å²) in [5.74, 6) is 0.650. The second-order valence-corrected chi connectivity index (χ2v) is 5.81. The second kappa shape index (κ2) is 6.86. The van der Waals surface area contributed by atoms with Gasteiger partial charge in [-0.2, -0.15) is 0 Å². The number of hydrogen-bond donors (Lipinski definition) is 1. The van der Waals surface area contributed by atoms with Crippen LogP contribution >= 0.6 is 0 Å². The Kier molecular flexibility index (Phi) is 4.64. The normalized spacial score (nSPS) is 15.5. The summed E-state index contributed by atoms with van der Waals surface area (Å²) in [5, 5.41) is 3.23. The van der Waals surface area contributed by atoms with Crippen LogP contribution in [0.15, 0.2) is 36.5 Å². The molecule has 0 bridgehead atoms. The van der Waals surface area contributed by atoms with Gasteiger partial charge in [-0.3, -0.25) is 4.79 Å². The van der Waals surface area contributed by atoms with Gasteiger partial charge in [0, 0.05) is 13.0 Å². The number of aromatic nitrogens is 1. The fourth-order valence-corrected chi connectivity index (χ4v) is 2.81. The highest BCUT2D eigenvalue weighted by Gasteiger charge is 2.21. The lowest BCUT2D eigenvalue weighted by Gasteiger charge is -2.18. The predicted molar refractivity (Wildman–Crippen MR) is 90.8 cm³/mol. The molecule has 1 atom stereocenters. The number of nitrogens with one attached hydrogen (secondary N) is 1. The summed E-state index contributed by atoms with van der Waals surface area (Å²) in [4.78, 5) is 17.8. The number of methoxy groups -OCH3 is 1. The Labute approximate surface area is 140 Å². The third-order valence-electron chi connectivity index (χ3n) is 4.17. The molecular weight excluding hydrogens is 309 g/mol. The van der Waals surface area contributed by atoms with Crippen LogP contribution in [0.25, 0.3) is 0 Å². The molecule has 6 heteroatoms. The van der Waals surface area contributed by atoms with Crippen molar-refractivity contribution >= 4 is 17.4 Å². The van der Waals surface area contributed by atoms with Crippen LogP contribution < -0.4 is 15.0 Å². The van der Waals surface area contributed by atoms with Gasteiger partial charge in [-0.25, -0.2) is 9.37 Å². The number of carbonyl (C=O) groups is 1. The molecule has 0 aliphatic carbocycles. The van der Waals surface area contributed by atoms with Crippen molar-refractivity contribution < 1.29 is 13.9 Å². The Bertz CT molecular complexity index is 734. The summed E-state index contributed by atoms with van der Waals surface area (Å²) in [5.41, 5.74) is 1.61. The Morgan fingerprint density at radius 1 is 1.33 bits per heavy atom. The van der Waals surface area contributed by atoms with Gasteiger partial charge in [0.25, 0.3) is 0 Å². The van der Waals surface area contributed by atoms with E-state index in [4.69, 9.17) is 4.74 Å². The maximum atomic E-state index is 13.8. The van der Waals surface area contributed by atoms with Gasteiger partial charge in [0.05, 0.1) is 25.0 Å². The summed E-state index contributed by atoms with van der Waals surface area (Å²) < 4.78 is 18.7. The van der Waals surface area contributed by atoms with Crippen LogP contribution in [-0.2, 0) is 4.79 Å². The average Bonchev–Trinajstić information content (AvgIpc) is 3.01. The number of pyridine rings is 1. The Balaban J connectivity index is 1.69. The van der Waals surface area contributed by atoms with Crippen LogP contribution in [0.3, 0.4) is 0 Å². The van der Waals surface area contributed by atoms with Gasteiger partial charge >= 0.3 is 0 Å². The van der Waals surface area contributed by atoms with Crippen LogP contribution in [0.4, 0.5) is 15.9 Å². The SMILES string of the molecule is COc1ccc([C@H](C)Nc2ccc(N3CCCC3=O)cn2)cc1F. The van der Waals surface area contributed by atoms with E-state index < -0.39 is 0 Å². The van der Waals surface area contributed by atoms with E-state index in [2.05, 4.69) is 10.3 Å². The molecule has 1 aliphatic heterocycles. The zero-order valence-electron chi connectivity index (χ0n) is 13.8. The van der Waals surface area contributed by atoms with E-state index in [0.29, 0.717) is 12.2 Å². The number of anilines is 2. The predicted octanol–water partition coefficient (Wildman–Crippen LogP) is 3.53. The molecule has 5 nitrogen and oxygen atoms in total. The first-order chi connectivity index (χ1) is 11.6. The highest BCUT2D eigenvalue weighted by atomic mass is 19.1. The number of benzene rings is 1. The first-order valence-corrected chi connectivity index (χ1v) is 7.95. The van der Waals surface area contributed by atoms with Gasteiger partial charge in [0.2, 0.25) is 5.91 Å². The summed E-state index contributed by atoms with van der Waals surface area (Å²) >= 11 is 0. The molecule has 2 aromatic rings. The Morgan fingerprint density at radius 3 is 2.75 bits per heavy atom. The minimum absolute atomic E-state index is 0.114. The van der Waals surface area contributed by atoms with E-state index in [-0.39, 0.29) is 23.5 Å². The van der Waals surface area contributed by atoms with Crippen LogP contribution in [-0.4, -0.2) is 24.5 Å². The maximum Gasteiger partial charge on any atom is 0.227 e. The number of rotatable bonds is 5. The average molecular weight is 329 g/mol. The van der Waals surface area contributed by atoms with Gasteiger partial charge in [0.15, 0.2) is 11.6 Å². The van der Waals surface area contributed by atoms with Gasteiger partial charge in [-0.15, -0.1) is 0 Å². The molecule has 1 fully saturated rings. The number of halogens is 1. The highest BCUT2D eigenvalue weighted by Crippen LogP contribution is 2.25. The third kappa shape index (κ3) is 3.32. The van der Waals surface area contributed by atoms with E-state index in [1.165, 1.54) is 13.2 Å². The Hall–Kier alpha value is -2.63. The topological polar surface area (TPSA) is 54.5 Å². The summed E-state index contributed by atoms with van der Waals surface area (Å²) in [6, 6.07) is 8.47. The van der Waals surface area contributed by atoms with E-state index >= 15 is 0 Å². The molecule has 0 unspecified atom stereocenters. The van der Waals surface area contributed by atoms with Crippen molar-refractivity contribution in [3.8, 4) is 5.75 Å². The van der Waals surface area contributed by atoms with E-state index in [0.717, 1.165) is 24.2 Å². The molecule has 1 aromatic heterocycles. The second-order valence-electron chi connectivity index (χ2n) is 5.81. The molecular formula is C18H20FN3O2. The Morgan fingerprint density at radius 2 is 2.17 bits per heavy atom. The molecule has 2 heterocycles. The molecule has 1 aromatic carbocycles. The van der Waals surface area contributed by atoms with Crippen LogP contribution in [0.5, 0.6) is 5.75 Å². The zero-order chi connectivity index (χ0) is 17.1. The largest absolute Gasteiger partial charge is 0.494 e. The fourth-order valence-electron chi connectivity index (χ4n) is 2.81. The van der Waals surface area contributed by atoms with E-state index in [1.807, 2.05) is 25.1 Å². The molecule has 0 spiro atoms. The number of hydrogen-bond acceptors (Lipinski definition) is 4. The van der Waals surface area contributed by atoms with Gasteiger partial charge in [0.1, 0.15) is 5.82 Å². The number of ether oxygens (including phenoxy) is 1. The standard InChI is InChI=1S/C18H20FN3O2/c1-12(13-5-7-16(24-2)15(19)10-13)21-17-8-6-14(11-20-17)22-9-3-4-18(22)23/h5-8,10-12H,3-4,9H2,1-2H3,(H,20,21)/t12-/m0/s1. The summed E-state index contributed by atoms with van der Waals surface area (Å²) in [6.45, 7) is 2.68. The monoisotopic (exact) mass is 329 g/mol. The van der Waals surface area contributed by atoms with Crippen molar-refractivity contribution in [1.29, 1.82) is 0 Å². The first kappa shape index (κ1) is 16.2. The maximum absolute atomic E-state index is 13.8. The zero-order valence-corrected chi connectivity index (χ0v) is 13.8. The third-order valence-corrected chi connectivity index (χ3v) is 4.17. The minimum atomic E-state index is -0.389. The minimum Gasteiger partial charge on any atom is -0.494 e. The molecule has 24 heavy (non-hydrogen) atoms. The molecule has 1 saturated heterocycles. The molecule has 3 rings (SSSR count). The van der Waals surface area contributed by atoms with Crippen molar-refractivity contribution in [2.75, 3.05) is 23.9 Å². The smallest absolute Gasteiger partial charge is 0.227 e.